The lowest BCUT2D eigenvalue weighted by molar-refractivity contribution is 0.0141. The highest BCUT2D eigenvalue weighted by Gasteiger charge is 2.28. The zero-order chi connectivity index (χ0) is 18.9. The minimum Gasteiger partial charge on any atom is -0.444 e. The summed E-state index contributed by atoms with van der Waals surface area (Å²) in [5, 5.41) is 0.885. The molecule has 3 rings (SSSR count). The molecule has 7 heteroatoms. The average Bonchev–Trinajstić information content (AvgIpc) is 2.60. The van der Waals surface area contributed by atoms with Crippen molar-refractivity contribution in [1.82, 2.24) is 14.8 Å². The van der Waals surface area contributed by atoms with Crippen LogP contribution in [0.5, 0.6) is 0 Å². The molecule has 6 nitrogen and oxygen atoms in total. The Balaban J connectivity index is 1.68. The van der Waals surface area contributed by atoms with Crippen molar-refractivity contribution in [3.63, 3.8) is 0 Å². The summed E-state index contributed by atoms with van der Waals surface area (Å²) in [6.07, 6.45) is 1.37. The molecule has 2 aromatic rings. The van der Waals surface area contributed by atoms with Crippen LogP contribution in [0, 0.1) is 0 Å². The van der Waals surface area contributed by atoms with Crippen LogP contribution in [0.15, 0.2) is 35.4 Å². The van der Waals surface area contributed by atoms with Crippen LogP contribution in [0.2, 0.25) is 0 Å². The highest BCUT2D eigenvalue weighted by molar-refractivity contribution is 7.80. The van der Waals surface area contributed by atoms with Gasteiger partial charge in [-0.3, -0.25) is 9.78 Å². The minimum atomic E-state index is -0.522. The quantitative estimate of drug-likeness (QED) is 0.780. The van der Waals surface area contributed by atoms with Crippen molar-refractivity contribution in [2.24, 2.45) is 0 Å². The van der Waals surface area contributed by atoms with E-state index in [1.807, 2.05) is 39.0 Å². The number of ether oxygens (including phenoxy) is 1. The number of thiol groups is 1. The van der Waals surface area contributed by atoms with E-state index in [-0.39, 0.29) is 12.0 Å². The Morgan fingerprint density at radius 2 is 1.77 bits per heavy atom. The molecule has 0 N–H and O–H groups in total. The highest BCUT2D eigenvalue weighted by Crippen LogP contribution is 2.23. The molecule has 1 aliphatic heterocycles. The lowest BCUT2D eigenvalue weighted by Crippen LogP contribution is -2.51. The summed E-state index contributed by atoms with van der Waals surface area (Å²) in [5.41, 5.74) is 0.843. The first-order chi connectivity index (χ1) is 12.2. The van der Waals surface area contributed by atoms with Crippen LogP contribution in [-0.2, 0) is 4.74 Å². The summed E-state index contributed by atoms with van der Waals surface area (Å²) >= 11 is 4.46. The molecule has 0 saturated carbocycles. The molecular weight excluding hydrogens is 350 g/mol. The van der Waals surface area contributed by atoms with Crippen LogP contribution in [0.1, 0.15) is 31.1 Å². The second kappa shape index (κ2) is 7.15. The number of carbonyl (C=O) groups is 2. The molecule has 0 aliphatic carbocycles. The summed E-state index contributed by atoms with van der Waals surface area (Å²) in [7, 11) is 0. The average molecular weight is 373 g/mol. The predicted octanol–water partition coefficient (Wildman–Crippen LogP) is 3.22. The molecule has 1 aromatic carbocycles. The molecule has 1 fully saturated rings. The monoisotopic (exact) mass is 373 g/mol. The van der Waals surface area contributed by atoms with Gasteiger partial charge in [0, 0.05) is 48.2 Å². The first-order valence-electron chi connectivity index (χ1n) is 8.59. The van der Waals surface area contributed by atoms with Crippen LogP contribution in [0.4, 0.5) is 4.79 Å². The normalized spacial score (nSPS) is 15.2. The van der Waals surface area contributed by atoms with Gasteiger partial charge in [-0.1, -0.05) is 6.07 Å². The summed E-state index contributed by atoms with van der Waals surface area (Å²) in [6, 6.07) is 7.34. The fourth-order valence-corrected chi connectivity index (χ4v) is 3.22. The van der Waals surface area contributed by atoms with Gasteiger partial charge in [-0.25, -0.2) is 4.79 Å². The number of aromatic nitrogens is 1. The maximum Gasteiger partial charge on any atom is 0.410 e. The van der Waals surface area contributed by atoms with E-state index < -0.39 is 5.60 Å². The molecule has 138 valence electrons. The number of piperazine rings is 1. The lowest BCUT2D eigenvalue weighted by atomic mass is 10.1. The Hall–Kier alpha value is -2.28. The number of fused-ring (bicyclic) bond motifs is 1. The van der Waals surface area contributed by atoms with E-state index in [1.54, 1.807) is 22.1 Å². The number of pyridine rings is 1. The maximum absolute atomic E-state index is 12.8. The third-order valence-corrected chi connectivity index (χ3v) is 4.49. The SMILES string of the molecule is CC(C)(C)OC(=O)N1CCN(C(=O)c2cc(S)c3ncccc3c2)CC1. The number of benzene rings is 1. The second-order valence-electron chi connectivity index (χ2n) is 7.33. The zero-order valence-electron chi connectivity index (χ0n) is 15.2. The van der Waals surface area contributed by atoms with Gasteiger partial charge in [-0.05, 0) is 39.0 Å². The van der Waals surface area contributed by atoms with Crippen LogP contribution >= 0.6 is 12.6 Å². The number of amides is 2. The van der Waals surface area contributed by atoms with Crippen LogP contribution in [-0.4, -0.2) is 58.6 Å². The van der Waals surface area contributed by atoms with E-state index in [1.165, 1.54) is 0 Å². The molecule has 0 atom stereocenters. The van der Waals surface area contributed by atoms with Crippen LogP contribution in [0.25, 0.3) is 10.9 Å². The van der Waals surface area contributed by atoms with Crippen molar-refractivity contribution in [1.29, 1.82) is 0 Å². The van der Waals surface area contributed by atoms with Gasteiger partial charge in [-0.15, -0.1) is 12.6 Å². The summed E-state index contributed by atoms with van der Waals surface area (Å²) in [6.45, 7) is 7.40. The van der Waals surface area contributed by atoms with E-state index in [0.29, 0.717) is 36.6 Å². The summed E-state index contributed by atoms with van der Waals surface area (Å²) < 4.78 is 5.39. The Bertz CT molecular complexity index is 840. The van der Waals surface area contributed by atoms with Gasteiger partial charge in [0.05, 0.1) is 5.52 Å². The Morgan fingerprint density at radius 3 is 2.42 bits per heavy atom. The summed E-state index contributed by atoms with van der Waals surface area (Å²) in [4.78, 5) is 33.3. The molecule has 0 radical (unpaired) electrons. The zero-order valence-corrected chi connectivity index (χ0v) is 16.1. The van der Waals surface area contributed by atoms with Crippen molar-refractivity contribution in [2.75, 3.05) is 26.2 Å². The molecule has 0 spiro atoms. The molecule has 0 bridgehead atoms. The number of rotatable bonds is 1. The lowest BCUT2D eigenvalue weighted by Gasteiger charge is -2.35. The standard InChI is InChI=1S/C19H23N3O3S/c1-19(2,3)25-18(24)22-9-7-21(8-10-22)17(23)14-11-13-5-4-6-20-16(13)15(26)12-14/h4-6,11-12,26H,7-10H2,1-3H3. The van der Waals surface area contributed by atoms with Crippen LogP contribution < -0.4 is 0 Å². The van der Waals surface area contributed by atoms with Gasteiger partial charge in [0.25, 0.3) is 5.91 Å². The molecule has 1 aliphatic rings. The molecule has 1 saturated heterocycles. The molecule has 2 amide bonds. The van der Waals surface area contributed by atoms with Gasteiger partial charge >= 0.3 is 6.09 Å². The van der Waals surface area contributed by atoms with E-state index >= 15 is 0 Å². The van der Waals surface area contributed by atoms with Crippen LogP contribution in [0.3, 0.4) is 0 Å². The molecule has 0 unspecified atom stereocenters. The smallest absolute Gasteiger partial charge is 0.410 e. The van der Waals surface area contributed by atoms with E-state index in [4.69, 9.17) is 4.74 Å². The first-order valence-corrected chi connectivity index (χ1v) is 9.04. The van der Waals surface area contributed by atoms with Gasteiger partial charge in [0.2, 0.25) is 0 Å². The van der Waals surface area contributed by atoms with E-state index in [0.717, 1.165) is 10.9 Å². The number of carbonyl (C=O) groups excluding carboxylic acids is 2. The molecular formula is C19H23N3O3S. The largest absolute Gasteiger partial charge is 0.444 e. The van der Waals surface area contributed by atoms with Crippen molar-refractivity contribution in [3.8, 4) is 0 Å². The Labute approximate surface area is 158 Å². The van der Waals surface area contributed by atoms with Gasteiger partial charge in [0.15, 0.2) is 0 Å². The van der Waals surface area contributed by atoms with Gasteiger partial charge in [0.1, 0.15) is 5.60 Å². The number of hydrogen-bond acceptors (Lipinski definition) is 5. The third kappa shape index (κ3) is 4.09. The number of nitrogens with zero attached hydrogens (tertiary/aromatic N) is 3. The number of hydrogen-bond donors (Lipinski definition) is 1. The summed E-state index contributed by atoms with van der Waals surface area (Å²) in [5.74, 6) is -0.0603. The minimum absolute atomic E-state index is 0.0603. The van der Waals surface area contributed by atoms with Gasteiger partial charge < -0.3 is 14.5 Å². The molecule has 1 aromatic heterocycles. The fraction of sp³-hybridized carbons (Fsp3) is 0.421. The van der Waals surface area contributed by atoms with Crippen molar-refractivity contribution < 1.29 is 14.3 Å². The first kappa shape index (κ1) is 18.5. The van der Waals surface area contributed by atoms with Gasteiger partial charge in [-0.2, -0.15) is 0 Å². The van der Waals surface area contributed by atoms with E-state index in [2.05, 4.69) is 17.6 Å². The van der Waals surface area contributed by atoms with Crippen molar-refractivity contribution in [2.45, 2.75) is 31.3 Å². The molecule has 26 heavy (non-hydrogen) atoms. The highest BCUT2D eigenvalue weighted by atomic mass is 32.1. The topological polar surface area (TPSA) is 62.7 Å². The predicted molar refractivity (Wildman–Crippen MR) is 103 cm³/mol. The maximum atomic E-state index is 12.8. The Morgan fingerprint density at radius 1 is 1.12 bits per heavy atom. The third-order valence-electron chi connectivity index (χ3n) is 4.15. The second-order valence-corrected chi connectivity index (χ2v) is 7.81. The Kier molecular flexibility index (Phi) is 5.09. The molecule has 2 heterocycles. The van der Waals surface area contributed by atoms with Crippen molar-refractivity contribution >= 4 is 35.5 Å². The van der Waals surface area contributed by atoms with Crippen molar-refractivity contribution in [3.05, 3.63) is 36.0 Å². The fourth-order valence-electron chi connectivity index (χ4n) is 2.90. The van der Waals surface area contributed by atoms with E-state index in [9.17, 15) is 9.59 Å².